The van der Waals surface area contributed by atoms with Gasteiger partial charge in [0.15, 0.2) is 0 Å². The number of para-hydroxylation sites is 1. The largest absolute Gasteiger partial charge is 0.481 e. The smallest absolute Gasteiger partial charge is 0.324 e. The van der Waals surface area contributed by atoms with Crippen molar-refractivity contribution in [1.82, 2.24) is 4.90 Å². The normalized spacial score (nSPS) is 15.4. The van der Waals surface area contributed by atoms with E-state index in [-0.39, 0.29) is 12.6 Å². The number of carboxylic acid groups (broad SMARTS) is 1. The lowest BCUT2D eigenvalue weighted by Gasteiger charge is -2.38. The van der Waals surface area contributed by atoms with Crippen LogP contribution in [0.15, 0.2) is 24.3 Å². The number of nitrogens with zero attached hydrogens (tertiary/aromatic N) is 2. The van der Waals surface area contributed by atoms with Gasteiger partial charge in [0.05, 0.1) is 11.1 Å². The van der Waals surface area contributed by atoms with E-state index in [4.69, 9.17) is 0 Å². The lowest BCUT2D eigenvalue weighted by atomic mass is 9.92. The van der Waals surface area contributed by atoms with Gasteiger partial charge in [0.25, 0.3) is 0 Å². The number of urea groups is 1. The first-order valence-electron chi connectivity index (χ1n) is 6.17. The van der Waals surface area contributed by atoms with Crippen molar-refractivity contribution < 1.29 is 14.7 Å². The monoisotopic (exact) mass is 262 g/mol. The van der Waals surface area contributed by atoms with Gasteiger partial charge in [-0.05, 0) is 25.5 Å². The van der Waals surface area contributed by atoms with Crippen molar-refractivity contribution in [2.24, 2.45) is 5.41 Å². The average Bonchev–Trinajstić information content (AvgIpc) is 2.34. The van der Waals surface area contributed by atoms with E-state index in [0.29, 0.717) is 6.54 Å². The molecule has 0 saturated heterocycles. The number of carboxylic acids is 1. The van der Waals surface area contributed by atoms with Gasteiger partial charge in [0.2, 0.25) is 0 Å². The molecule has 1 aliphatic heterocycles. The second-order valence-corrected chi connectivity index (χ2v) is 5.54. The molecule has 5 heteroatoms. The Bertz CT molecular complexity index is 525. The summed E-state index contributed by atoms with van der Waals surface area (Å²) >= 11 is 0. The molecule has 0 radical (unpaired) electrons. The van der Waals surface area contributed by atoms with Crippen molar-refractivity contribution in [3.63, 3.8) is 0 Å². The quantitative estimate of drug-likeness (QED) is 0.908. The van der Waals surface area contributed by atoms with Gasteiger partial charge >= 0.3 is 12.0 Å². The number of fused-ring (bicyclic) bond motifs is 1. The lowest BCUT2D eigenvalue weighted by Crippen LogP contribution is -2.50. The number of anilines is 1. The molecule has 0 aromatic heterocycles. The van der Waals surface area contributed by atoms with Crippen molar-refractivity contribution >= 4 is 17.7 Å². The van der Waals surface area contributed by atoms with Crippen molar-refractivity contribution in [2.75, 3.05) is 18.5 Å². The number of carbonyl (C=O) groups is 2. The van der Waals surface area contributed by atoms with Gasteiger partial charge in [-0.15, -0.1) is 0 Å². The molecule has 5 nitrogen and oxygen atoms in total. The van der Waals surface area contributed by atoms with Crippen LogP contribution in [0.25, 0.3) is 0 Å². The summed E-state index contributed by atoms with van der Waals surface area (Å²) in [5.74, 6) is -0.911. The molecule has 0 aliphatic carbocycles. The topological polar surface area (TPSA) is 60.9 Å². The zero-order valence-electron chi connectivity index (χ0n) is 11.4. The third-order valence-corrected chi connectivity index (χ3v) is 3.38. The number of rotatable bonds is 3. The van der Waals surface area contributed by atoms with Crippen LogP contribution in [0.4, 0.5) is 10.5 Å². The first kappa shape index (κ1) is 13.4. The van der Waals surface area contributed by atoms with E-state index >= 15 is 0 Å². The Labute approximate surface area is 112 Å². The van der Waals surface area contributed by atoms with E-state index in [2.05, 4.69) is 0 Å². The summed E-state index contributed by atoms with van der Waals surface area (Å²) in [4.78, 5) is 26.6. The lowest BCUT2D eigenvalue weighted by molar-refractivity contribution is -0.146. The van der Waals surface area contributed by atoms with Crippen LogP contribution in [0, 0.1) is 5.41 Å². The molecule has 0 saturated carbocycles. The van der Waals surface area contributed by atoms with Crippen LogP contribution in [-0.2, 0) is 11.3 Å². The number of hydrogen-bond donors (Lipinski definition) is 1. The molecule has 1 aromatic carbocycles. The fraction of sp³-hybridized carbons (Fsp3) is 0.429. The summed E-state index contributed by atoms with van der Waals surface area (Å²) in [5, 5.41) is 9.22. The Morgan fingerprint density at radius 2 is 2.00 bits per heavy atom. The number of aliphatic carboxylic acids is 1. The summed E-state index contributed by atoms with van der Waals surface area (Å²) in [6.45, 7) is 3.96. The van der Waals surface area contributed by atoms with E-state index in [1.54, 1.807) is 30.7 Å². The molecule has 102 valence electrons. The molecule has 0 atom stereocenters. The highest BCUT2D eigenvalue weighted by Gasteiger charge is 2.36. The van der Waals surface area contributed by atoms with Crippen LogP contribution in [-0.4, -0.2) is 35.6 Å². The molecule has 2 rings (SSSR count). The Kier molecular flexibility index (Phi) is 3.22. The minimum atomic E-state index is -0.985. The maximum Gasteiger partial charge on any atom is 0.324 e. The van der Waals surface area contributed by atoms with Crippen LogP contribution in [0.1, 0.15) is 19.4 Å². The molecular formula is C14H18N2O3. The Hall–Kier alpha value is -2.04. The van der Waals surface area contributed by atoms with Crippen LogP contribution in [0.2, 0.25) is 0 Å². The number of amides is 2. The molecule has 0 unspecified atom stereocenters. The van der Waals surface area contributed by atoms with E-state index in [9.17, 15) is 14.7 Å². The third-order valence-electron chi connectivity index (χ3n) is 3.38. The minimum Gasteiger partial charge on any atom is -0.481 e. The summed E-state index contributed by atoms with van der Waals surface area (Å²) in [6, 6.07) is 7.44. The van der Waals surface area contributed by atoms with E-state index in [1.807, 2.05) is 24.3 Å². The minimum absolute atomic E-state index is 0.155. The molecule has 1 N–H and O–H groups in total. The van der Waals surface area contributed by atoms with Gasteiger partial charge in [0.1, 0.15) is 0 Å². The van der Waals surface area contributed by atoms with Gasteiger partial charge in [0, 0.05) is 20.1 Å². The maximum atomic E-state index is 12.2. The molecule has 0 fully saturated rings. The Morgan fingerprint density at radius 3 is 2.63 bits per heavy atom. The predicted molar refractivity (Wildman–Crippen MR) is 72.1 cm³/mol. The zero-order chi connectivity index (χ0) is 14.2. The van der Waals surface area contributed by atoms with E-state index in [0.717, 1.165) is 11.3 Å². The van der Waals surface area contributed by atoms with Gasteiger partial charge in [-0.1, -0.05) is 18.2 Å². The standard InChI is InChI=1S/C14H18N2O3/c1-14(2,12(17)18)9-16-11-7-5-4-6-10(11)8-15(3)13(16)19/h4-7H,8-9H2,1-3H3,(H,17,18). The second-order valence-electron chi connectivity index (χ2n) is 5.54. The zero-order valence-corrected chi connectivity index (χ0v) is 11.4. The van der Waals surface area contributed by atoms with Gasteiger partial charge in [-0.25, -0.2) is 4.79 Å². The number of hydrogen-bond acceptors (Lipinski definition) is 2. The first-order valence-corrected chi connectivity index (χ1v) is 6.17. The van der Waals surface area contributed by atoms with Gasteiger partial charge < -0.3 is 10.0 Å². The molecular weight excluding hydrogens is 244 g/mol. The van der Waals surface area contributed by atoms with Crippen molar-refractivity contribution in [2.45, 2.75) is 20.4 Å². The highest BCUT2D eigenvalue weighted by atomic mass is 16.4. The molecule has 0 bridgehead atoms. The SMILES string of the molecule is CN1Cc2ccccc2N(CC(C)(C)C(=O)O)C1=O. The Balaban J connectivity index is 2.38. The van der Waals surface area contributed by atoms with Gasteiger partial charge in [-0.3, -0.25) is 9.69 Å². The van der Waals surface area contributed by atoms with E-state index < -0.39 is 11.4 Å². The highest BCUT2D eigenvalue weighted by Crippen LogP contribution is 2.30. The van der Waals surface area contributed by atoms with Crippen LogP contribution < -0.4 is 4.90 Å². The third kappa shape index (κ3) is 2.41. The molecule has 2 amide bonds. The molecule has 0 spiro atoms. The summed E-state index contributed by atoms with van der Waals surface area (Å²) in [7, 11) is 1.72. The Morgan fingerprint density at radius 1 is 1.37 bits per heavy atom. The fourth-order valence-electron chi connectivity index (χ4n) is 2.16. The van der Waals surface area contributed by atoms with Gasteiger partial charge in [-0.2, -0.15) is 0 Å². The maximum absolute atomic E-state index is 12.2. The number of carbonyl (C=O) groups excluding carboxylic acids is 1. The molecule has 1 aliphatic rings. The van der Waals surface area contributed by atoms with Crippen molar-refractivity contribution in [3.05, 3.63) is 29.8 Å². The van der Waals surface area contributed by atoms with Crippen LogP contribution in [0.5, 0.6) is 0 Å². The second kappa shape index (κ2) is 4.57. The number of benzene rings is 1. The first-order chi connectivity index (χ1) is 8.83. The highest BCUT2D eigenvalue weighted by molar-refractivity contribution is 5.95. The average molecular weight is 262 g/mol. The van der Waals surface area contributed by atoms with Crippen molar-refractivity contribution in [1.29, 1.82) is 0 Å². The summed E-state index contributed by atoms with van der Waals surface area (Å²) < 4.78 is 0. The summed E-state index contributed by atoms with van der Waals surface area (Å²) in [6.07, 6.45) is 0. The van der Waals surface area contributed by atoms with Crippen LogP contribution in [0.3, 0.4) is 0 Å². The summed E-state index contributed by atoms with van der Waals surface area (Å²) in [5.41, 5.74) is 0.853. The predicted octanol–water partition coefficient (Wildman–Crippen LogP) is 2.17. The van der Waals surface area contributed by atoms with Crippen molar-refractivity contribution in [3.8, 4) is 0 Å². The van der Waals surface area contributed by atoms with Crippen LogP contribution >= 0.6 is 0 Å². The molecule has 1 aromatic rings. The molecule has 19 heavy (non-hydrogen) atoms. The fourth-order valence-corrected chi connectivity index (χ4v) is 2.16. The molecule has 1 heterocycles. The van der Waals surface area contributed by atoms with E-state index in [1.165, 1.54) is 0 Å².